The summed E-state index contributed by atoms with van der Waals surface area (Å²) in [5.74, 6) is 1.24. The number of aromatic amines is 1. The average Bonchev–Trinajstić information content (AvgIpc) is 3.32. The predicted octanol–water partition coefficient (Wildman–Crippen LogP) is 4.15. The second kappa shape index (κ2) is 6.85. The number of amides is 1. The summed E-state index contributed by atoms with van der Waals surface area (Å²) in [5.41, 5.74) is 2.10. The predicted molar refractivity (Wildman–Crippen MR) is 103 cm³/mol. The average molecular weight is 385 g/mol. The summed E-state index contributed by atoms with van der Waals surface area (Å²) >= 11 is 6.86. The second-order valence-electron chi connectivity index (χ2n) is 5.69. The molecular formula is C17H15N5O2S2. The molecule has 0 aliphatic rings. The molecule has 4 rings (SSSR count). The number of aryl methyl sites for hydroxylation is 1. The standard InChI is InChI=1S/C17H15N5O2S2/c1-10-18-12-9-11(4-5-13(12)24-10)19-15(23)6-7-22-16(20-21-17(22)25)14-3-2-8-26-14/h2-5,8-9H,6-7H2,1H3,(H,19,23)(H,21,25). The Morgan fingerprint density at radius 2 is 2.31 bits per heavy atom. The van der Waals surface area contributed by atoms with Gasteiger partial charge in [0.15, 0.2) is 22.1 Å². The molecule has 0 saturated carbocycles. The van der Waals surface area contributed by atoms with E-state index in [0.29, 0.717) is 28.5 Å². The normalized spacial score (nSPS) is 11.1. The highest BCUT2D eigenvalue weighted by Gasteiger charge is 2.12. The molecular weight excluding hydrogens is 370 g/mol. The third-order valence-corrected chi connectivity index (χ3v) is 5.02. The van der Waals surface area contributed by atoms with Gasteiger partial charge in [0.25, 0.3) is 0 Å². The van der Waals surface area contributed by atoms with Crippen LogP contribution in [0.15, 0.2) is 40.1 Å². The van der Waals surface area contributed by atoms with Gasteiger partial charge < -0.3 is 9.73 Å². The first-order chi connectivity index (χ1) is 12.6. The smallest absolute Gasteiger partial charge is 0.226 e. The van der Waals surface area contributed by atoms with E-state index in [2.05, 4.69) is 20.5 Å². The van der Waals surface area contributed by atoms with E-state index in [1.807, 2.05) is 22.1 Å². The molecule has 0 spiro atoms. The fourth-order valence-corrected chi connectivity index (χ4v) is 3.62. The molecule has 9 heteroatoms. The number of anilines is 1. The molecule has 0 saturated heterocycles. The minimum atomic E-state index is -0.107. The topological polar surface area (TPSA) is 88.7 Å². The Balaban J connectivity index is 1.45. The Morgan fingerprint density at radius 3 is 3.12 bits per heavy atom. The molecule has 3 aromatic heterocycles. The Morgan fingerprint density at radius 1 is 1.42 bits per heavy atom. The molecule has 0 unspecified atom stereocenters. The highest BCUT2D eigenvalue weighted by Crippen LogP contribution is 2.23. The van der Waals surface area contributed by atoms with Crippen LogP contribution in [0.3, 0.4) is 0 Å². The van der Waals surface area contributed by atoms with Gasteiger partial charge in [0, 0.05) is 25.6 Å². The Labute approximate surface area is 157 Å². The number of benzene rings is 1. The molecule has 0 bridgehead atoms. The lowest BCUT2D eigenvalue weighted by atomic mass is 10.2. The van der Waals surface area contributed by atoms with Crippen LogP contribution in [0.5, 0.6) is 0 Å². The number of aromatic nitrogens is 4. The number of fused-ring (bicyclic) bond motifs is 1. The molecule has 26 heavy (non-hydrogen) atoms. The van der Waals surface area contributed by atoms with Crippen molar-refractivity contribution in [1.29, 1.82) is 0 Å². The van der Waals surface area contributed by atoms with E-state index < -0.39 is 0 Å². The molecule has 3 heterocycles. The van der Waals surface area contributed by atoms with E-state index in [1.54, 1.807) is 36.5 Å². The number of thiophene rings is 1. The van der Waals surface area contributed by atoms with Crippen LogP contribution >= 0.6 is 23.6 Å². The maximum Gasteiger partial charge on any atom is 0.226 e. The number of hydrogen-bond acceptors (Lipinski definition) is 6. The van der Waals surface area contributed by atoms with Gasteiger partial charge in [-0.15, -0.1) is 11.3 Å². The van der Waals surface area contributed by atoms with Crippen LogP contribution in [0.4, 0.5) is 5.69 Å². The maximum atomic E-state index is 12.3. The van der Waals surface area contributed by atoms with E-state index in [-0.39, 0.29) is 12.3 Å². The third kappa shape index (κ3) is 3.31. The van der Waals surface area contributed by atoms with Crippen molar-refractivity contribution in [3.05, 3.63) is 46.4 Å². The van der Waals surface area contributed by atoms with Gasteiger partial charge in [-0.2, -0.15) is 5.10 Å². The number of H-pyrrole nitrogens is 1. The van der Waals surface area contributed by atoms with Gasteiger partial charge in [-0.1, -0.05) is 6.07 Å². The number of carbonyl (C=O) groups is 1. The van der Waals surface area contributed by atoms with E-state index >= 15 is 0 Å². The Kier molecular flexibility index (Phi) is 4.39. The van der Waals surface area contributed by atoms with Gasteiger partial charge in [0.2, 0.25) is 5.91 Å². The number of oxazole rings is 1. The Bertz CT molecular complexity index is 1120. The summed E-state index contributed by atoms with van der Waals surface area (Å²) in [7, 11) is 0. The van der Waals surface area contributed by atoms with Crippen molar-refractivity contribution in [3.8, 4) is 10.7 Å². The molecule has 132 valence electrons. The molecule has 0 atom stereocenters. The quantitative estimate of drug-likeness (QED) is 0.504. The number of hydrogen-bond donors (Lipinski definition) is 2. The van der Waals surface area contributed by atoms with E-state index in [0.717, 1.165) is 16.2 Å². The van der Waals surface area contributed by atoms with Gasteiger partial charge in [-0.05, 0) is 41.9 Å². The van der Waals surface area contributed by atoms with Crippen molar-refractivity contribution in [1.82, 2.24) is 19.7 Å². The molecule has 7 nitrogen and oxygen atoms in total. The van der Waals surface area contributed by atoms with Gasteiger partial charge in [-0.3, -0.25) is 14.5 Å². The molecule has 4 aromatic rings. The first-order valence-corrected chi connectivity index (χ1v) is 9.25. The monoisotopic (exact) mass is 385 g/mol. The first-order valence-electron chi connectivity index (χ1n) is 7.96. The molecule has 0 aliphatic heterocycles. The summed E-state index contributed by atoms with van der Waals surface area (Å²) in [6, 6.07) is 9.32. The minimum Gasteiger partial charge on any atom is -0.441 e. The highest BCUT2D eigenvalue weighted by molar-refractivity contribution is 7.71. The lowest BCUT2D eigenvalue weighted by molar-refractivity contribution is -0.116. The summed E-state index contributed by atoms with van der Waals surface area (Å²) in [4.78, 5) is 17.6. The van der Waals surface area contributed by atoms with Crippen LogP contribution in [-0.4, -0.2) is 25.7 Å². The van der Waals surface area contributed by atoms with Crippen molar-refractivity contribution in [3.63, 3.8) is 0 Å². The summed E-state index contributed by atoms with van der Waals surface area (Å²) in [5, 5.41) is 11.9. The largest absolute Gasteiger partial charge is 0.441 e. The SMILES string of the molecule is Cc1nc2cc(NC(=O)CCn3c(-c4cccs4)n[nH]c3=S)ccc2o1. The van der Waals surface area contributed by atoms with Crippen molar-refractivity contribution >= 4 is 46.2 Å². The molecule has 1 amide bonds. The summed E-state index contributed by atoms with van der Waals surface area (Å²) < 4.78 is 7.78. The molecule has 0 radical (unpaired) electrons. The molecule has 0 aliphatic carbocycles. The summed E-state index contributed by atoms with van der Waals surface area (Å²) in [6.45, 7) is 2.23. The van der Waals surface area contributed by atoms with Crippen LogP contribution in [-0.2, 0) is 11.3 Å². The van der Waals surface area contributed by atoms with Crippen LogP contribution in [0.1, 0.15) is 12.3 Å². The van der Waals surface area contributed by atoms with Crippen LogP contribution in [0.2, 0.25) is 0 Å². The Hall–Kier alpha value is -2.78. The molecule has 0 fully saturated rings. The first kappa shape index (κ1) is 16.7. The van der Waals surface area contributed by atoms with Crippen molar-refractivity contribution in [2.75, 3.05) is 5.32 Å². The van der Waals surface area contributed by atoms with Gasteiger partial charge >= 0.3 is 0 Å². The third-order valence-electron chi connectivity index (χ3n) is 3.84. The van der Waals surface area contributed by atoms with Crippen LogP contribution < -0.4 is 5.32 Å². The molecule has 1 aromatic carbocycles. The van der Waals surface area contributed by atoms with E-state index in [4.69, 9.17) is 16.6 Å². The number of carbonyl (C=O) groups excluding carboxylic acids is 1. The fraction of sp³-hybridized carbons (Fsp3) is 0.176. The fourth-order valence-electron chi connectivity index (χ4n) is 2.68. The number of rotatable bonds is 5. The zero-order valence-corrected chi connectivity index (χ0v) is 15.5. The van der Waals surface area contributed by atoms with E-state index in [1.165, 1.54) is 0 Å². The van der Waals surface area contributed by atoms with Gasteiger partial charge in [0.05, 0.1) is 4.88 Å². The molecule has 2 N–H and O–H groups in total. The van der Waals surface area contributed by atoms with Crippen LogP contribution in [0.25, 0.3) is 21.8 Å². The lowest BCUT2D eigenvalue weighted by Gasteiger charge is -2.07. The zero-order valence-electron chi connectivity index (χ0n) is 13.9. The maximum absolute atomic E-state index is 12.3. The van der Waals surface area contributed by atoms with Gasteiger partial charge in [-0.25, -0.2) is 4.98 Å². The van der Waals surface area contributed by atoms with Crippen molar-refractivity contribution < 1.29 is 9.21 Å². The lowest BCUT2D eigenvalue weighted by Crippen LogP contribution is -2.15. The van der Waals surface area contributed by atoms with Crippen molar-refractivity contribution in [2.45, 2.75) is 19.9 Å². The van der Waals surface area contributed by atoms with Gasteiger partial charge in [0.1, 0.15) is 5.52 Å². The van der Waals surface area contributed by atoms with Crippen LogP contribution in [0, 0.1) is 11.7 Å². The number of nitrogens with one attached hydrogen (secondary N) is 2. The highest BCUT2D eigenvalue weighted by atomic mass is 32.1. The second-order valence-corrected chi connectivity index (χ2v) is 7.03. The van der Waals surface area contributed by atoms with Crippen molar-refractivity contribution in [2.24, 2.45) is 0 Å². The minimum absolute atomic E-state index is 0.107. The zero-order chi connectivity index (χ0) is 18.1. The number of nitrogens with zero attached hydrogens (tertiary/aromatic N) is 3. The summed E-state index contributed by atoms with van der Waals surface area (Å²) in [6.07, 6.45) is 0.280. The van der Waals surface area contributed by atoms with E-state index in [9.17, 15) is 4.79 Å².